The highest BCUT2D eigenvalue weighted by atomic mass is 19.4. The lowest BCUT2D eigenvalue weighted by atomic mass is 9.91. The molecule has 28 heavy (non-hydrogen) atoms. The molecule has 0 aromatic carbocycles. The fraction of sp³-hybridized carbons (Fsp3) is 0.471. The van der Waals surface area contributed by atoms with Gasteiger partial charge in [-0.1, -0.05) is 0 Å². The van der Waals surface area contributed by atoms with E-state index in [0.29, 0.717) is 10.3 Å². The van der Waals surface area contributed by atoms with Gasteiger partial charge in [0.1, 0.15) is 5.82 Å². The maximum atomic E-state index is 13.0. The van der Waals surface area contributed by atoms with Crippen molar-refractivity contribution >= 4 is 11.5 Å². The summed E-state index contributed by atoms with van der Waals surface area (Å²) in [5.74, 6) is -0.827. The van der Waals surface area contributed by atoms with Gasteiger partial charge in [0.2, 0.25) is 0 Å². The van der Waals surface area contributed by atoms with E-state index < -0.39 is 12.0 Å². The Morgan fingerprint density at radius 1 is 1.04 bits per heavy atom. The molecule has 0 saturated heterocycles. The van der Waals surface area contributed by atoms with Crippen molar-refractivity contribution in [3.8, 4) is 0 Å². The Kier molecular flexibility index (Phi) is 4.52. The summed E-state index contributed by atoms with van der Waals surface area (Å²) in [5, 5.41) is 18.1. The molecule has 3 aromatic rings. The maximum absolute atomic E-state index is 13.0. The Balaban J connectivity index is 1.46. The smallest absolute Gasteiger partial charge is 0.366 e. The summed E-state index contributed by atoms with van der Waals surface area (Å²) in [7, 11) is 0. The van der Waals surface area contributed by atoms with Gasteiger partial charge in [-0.25, -0.2) is 4.68 Å². The number of rotatable bonds is 3. The molecule has 0 atom stereocenters. The summed E-state index contributed by atoms with van der Waals surface area (Å²) in [6, 6.07) is 6.31. The molecule has 0 radical (unpaired) electrons. The van der Waals surface area contributed by atoms with E-state index >= 15 is 0 Å². The van der Waals surface area contributed by atoms with E-state index in [0.717, 1.165) is 31.4 Å². The highest BCUT2D eigenvalue weighted by molar-refractivity contribution is 5.44. The summed E-state index contributed by atoms with van der Waals surface area (Å²) in [5.41, 5.74) is 0.694. The Hall–Kier alpha value is -2.98. The number of hydrogen-bond donors (Lipinski definition) is 1. The van der Waals surface area contributed by atoms with E-state index in [2.05, 4.69) is 25.7 Å². The third-order valence-corrected chi connectivity index (χ3v) is 4.87. The molecular formula is C17H18F3N7O. The topological polar surface area (TPSA) is 90.0 Å². The van der Waals surface area contributed by atoms with Crippen molar-refractivity contribution < 1.29 is 13.2 Å². The number of hydrogen-bond acceptors (Lipinski definition) is 6. The van der Waals surface area contributed by atoms with E-state index in [1.165, 1.54) is 16.8 Å². The number of nitrogens with zero attached hydrogens (tertiary/aromatic N) is 6. The lowest BCUT2D eigenvalue weighted by Gasteiger charge is -2.29. The lowest BCUT2D eigenvalue weighted by Crippen LogP contribution is -2.33. The SMILES string of the molecule is Cc1ccc(=O)n(C2CCC(Nc3ccc4nnc(C(F)(F)F)n4n3)CC2)n1. The molecule has 0 amide bonds. The van der Waals surface area contributed by atoms with Crippen molar-refractivity contribution in [1.82, 2.24) is 29.6 Å². The average Bonchev–Trinajstić information content (AvgIpc) is 3.08. The molecule has 3 aromatic heterocycles. The van der Waals surface area contributed by atoms with Crippen LogP contribution in [0.2, 0.25) is 0 Å². The number of anilines is 1. The maximum Gasteiger partial charge on any atom is 0.453 e. The molecule has 11 heteroatoms. The van der Waals surface area contributed by atoms with Crippen molar-refractivity contribution in [2.45, 2.75) is 50.9 Å². The predicted octanol–water partition coefficient (Wildman–Crippen LogP) is 2.60. The Bertz CT molecular complexity index is 1050. The minimum Gasteiger partial charge on any atom is -0.366 e. The van der Waals surface area contributed by atoms with Crippen LogP contribution in [0.25, 0.3) is 5.65 Å². The molecule has 0 aliphatic heterocycles. The summed E-state index contributed by atoms with van der Waals surface area (Å²) >= 11 is 0. The summed E-state index contributed by atoms with van der Waals surface area (Å²) in [6.45, 7) is 1.84. The number of alkyl halides is 3. The molecular weight excluding hydrogens is 375 g/mol. The second-order valence-corrected chi connectivity index (χ2v) is 6.92. The van der Waals surface area contributed by atoms with Gasteiger partial charge in [-0.2, -0.15) is 22.8 Å². The van der Waals surface area contributed by atoms with Crippen molar-refractivity contribution in [1.29, 1.82) is 0 Å². The molecule has 1 saturated carbocycles. The van der Waals surface area contributed by atoms with Gasteiger partial charge in [0, 0.05) is 12.1 Å². The van der Waals surface area contributed by atoms with Gasteiger partial charge in [-0.3, -0.25) is 4.79 Å². The Morgan fingerprint density at radius 3 is 2.50 bits per heavy atom. The zero-order chi connectivity index (χ0) is 19.9. The van der Waals surface area contributed by atoms with Gasteiger partial charge in [-0.05, 0) is 50.8 Å². The lowest BCUT2D eigenvalue weighted by molar-refractivity contribution is -0.146. The van der Waals surface area contributed by atoms with Crippen LogP contribution < -0.4 is 10.9 Å². The van der Waals surface area contributed by atoms with Crippen molar-refractivity contribution in [2.75, 3.05) is 5.32 Å². The molecule has 1 fully saturated rings. The largest absolute Gasteiger partial charge is 0.453 e. The van der Waals surface area contributed by atoms with Crippen LogP contribution in [-0.4, -0.2) is 35.6 Å². The molecule has 4 rings (SSSR count). The molecule has 148 valence electrons. The average molecular weight is 393 g/mol. The summed E-state index contributed by atoms with van der Waals surface area (Å²) in [6.07, 6.45) is -1.63. The van der Waals surface area contributed by atoms with Crippen LogP contribution in [0.4, 0.5) is 19.0 Å². The van der Waals surface area contributed by atoms with Gasteiger partial charge < -0.3 is 5.32 Å². The fourth-order valence-corrected chi connectivity index (χ4v) is 3.50. The zero-order valence-corrected chi connectivity index (χ0v) is 15.0. The van der Waals surface area contributed by atoms with E-state index in [9.17, 15) is 18.0 Å². The molecule has 0 unspecified atom stereocenters. The van der Waals surface area contributed by atoms with Gasteiger partial charge in [0.05, 0.1) is 11.7 Å². The van der Waals surface area contributed by atoms with Gasteiger partial charge in [-0.15, -0.1) is 15.3 Å². The molecule has 8 nitrogen and oxygen atoms in total. The molecule has 1 aliphatic rings. The first kappa shape index (κ1) is 18.4. The molecule has 0 spiro atoms. The van der Waals surface area contributed by atoms with Gasteiger partial charge in [0.25, 0.3) is 11.4 Å². The van der Waals surface area contributed by atoms with Crippen LogP contribution in [0, 0.1) is 6.92 Å². The number of nitrogens with one attached hydrogen (secondary N) is 1. The third kappa shape index (κ3) is 3.56. The first-order valence-electron chi connectivity index (χ1n) is 8.94. The first-order chi connectivity index (χ1) is 13.3. The van der Waals surface area contributed by atoms with Crippen molar-refractivity contribution in [2.24, 2.45) is 0 Å². The summed E-state index contributed by atoms with van der Waals surface area (Å²) in [4.78, 5) is 12.0. The van der Waals surface area contributed by atoms with Crippen LogP contribution in [0.1, 0.15) is 43.2 Å². The quantitative estimate of drug-likeness (QED) is 0.736. The normalized spacial score (nSPS) is 20.4. The fourth-order valence-electron chi connectivity index (χ4n) is 3.50. The number of fused-ring (bicyclic) bond motifs is 1. The Morgan fingerprint density at radius 2 is 1.79 bits per heavy atom. The monoisotopic (exact) mass is 393 g/mol. The summed E-state index contributed by atoms with van der Waals surface area (Å²) < 4.78 is 41.2. The second-order valence-electron chi connectivity index (χ2n) is 6.92. The molecule has 0 bridgehead atoms. The van der Waals surface area contributed by atoms with Crippen molar-refractivity contribution in [3.05, 3.63) is 46.1 Å². The zero-order valence-electron chi connectivity index (χ0n) is 15.0. The minimum absolute atomic E-state index is 0.0237. The number of halogens is 3. The Labute approximate surface area is 157 Å². The number of aryl methyl sites for hydroxylation is 1. The highest BCUT2D eigenvalue weighted by Gasteiger charge is 2.37. The molecule has 1 N–H and O–H groups in total. The van der Waals surface area contributed by atoms with Crippen LogP contribution in [0.15, 0.2) is 29.1 Å². The van der Waals surface area contributed by atoms with Crippen LogP contribution >= 0.6 is 0 Å². The third-order valence-electron chi connectivity index (χ3n) is 4.87. The highest BCUT2D eigenvalue weighted by Crippen LogP contribution is 2.30. The van der Waals surface area contributed by atoms with E-state index in [1.807, 2.05) is 6.92 Å². The van der Waals surface area contributed by atoms with E-state index in [1.54, 1.807) is 12.1 Å². The molecule has 1 aliphatic carbocycles. The van der Waals surface area contributed by atoms with Crippen molar-refractivity contribution in [3.63, 3.8) is 0 Å². The second kappa shape index (κ2) is 6.88. The van der Waals surface area contributed by atoms with Gasteiger partial charge in [0.15, 0.2) is 5.65 Å². The predicted molar refractivity (Wildman–Crippen MR) is 93.9 cm³/mol. The van der Waals surface area contributed by atoms with Crippen LogP contribution in [0.3, 0.4) is 0 Å². The standard InChI is InChI=1S/C17H18F3N7O/c1-10-2-9-15(28)26(24-10)12-5-3-11(4-6-12)21-13-7-8-14-22-23-16(17(18,19)20)27(14)25-13/h2,7-9,11-12H,3-6H2,1H3,(H,21,25). The van der Waals surface area contributed by atoms with E-state index in [-0.39, 0.29) is 23.3 Å². The van der Waals surface area contributed by atoms with E-state index in [4.69, 9.17) is 0 Å². The molecule has 3 heterocycles. The first-order valence-corrected chi connectivity index (χ1v) is 8.94. The number of aromatic nitrogens is 6. The van der Waals surface area contributed by atoms with Gasteiger partial charge >= 0.3 is 6.18 Å². The van der Waals surface area contributed by atoms with Crippen LogP contribution in [0.5, 0.6) is 0 Å². The van der Waals surface area contributed by atoms with Crippen LogP contribution in [-0.2, 0) is 6.18 Å². The minimum atomic E-state index is -4.63.